The Labute approximate surface area is 426 Å². The minimum atomic E-state index is 1.11. The van der Waals surface area contributed by atoms with Crippen LogP contribution in [0.3, 0.4) is 0 Å². The van der Waals surface area contributed by atoms with Crippen LogP contribution in [0.5, 0.6) is 0 Å². The van der Waals surface area contributed by atoms with Crippen LogP contribution in [0, 0.1) is 0 Å². The molecule has 0 aliphatic carbocycles. The molecule has 0 N–H and O–H groups in total. The van der Waals surface area contributed by atoms with Gasteiger partial charge in [0.05, 0.1) is 11.0 Å². The number of aromatic nitrogens is 1. The molecule has 2 nitrogen and oxygen atoms in total. The molecule has 15 rings (SSSR count). The first-order valence-corrected chi connectivity index (χ1v) is 25.9. The maximum Gasteiger partial charge on any atom is 0.0620 e. The van der Waals surface area contributed by atoms with Crippen molar-refractivity contribution in [2.75, 3.05) is 4.90 Å². The summed E-state index contributed by atoms with van der Waals surface area (Å²) >= 11 is 1.86. The summed E-state index contributed by atoms with van der Waals surface area (Å²) in [5.41, 5.74) is 15.5. The van der Waals surface area contributed by atoms with Gasteiger partial charge in [-0.15, -0.1) is 11.3 Å². The molecule has 0 fully saturated rings. The van der Waals surface area contributed by atoms with Gasteiger partial charge in [-0.05, 0) is 149 Å². The second-order valence-electron chi connectivity index (χ2n) is 19.2. The van der Waals surface area contributed by atoms with Gasteiger partial charge in [-0.2, -0.15) is 0 Å². The molecular weight excluding hydrogens is 901 g/mol. The van der Waals surface area contributed by atoms with E-state index in [-0.39, 0.29) is 0 Å². The Morgan fingerprint density at radius 3 is 1.64 bits per heavy atom. The number of rotatable bonds is 7. The van der Waals surface area contributed by atoms with Gasteiger partial charge in [0.2, 0.25) is 0 Å². The predicted octanol–water partition coefficient (Wildman–Crippen LogP) is 20.2. The zero-order valence-electron chi connectivity index (χ0n) is 39.7. The van der Waals surface area contributed by atoms with Gasteiger partial charge in [-0.3, -0.25) is 0 Å². The van der Waals surface area contributed by atoms with Crippen molar-refractivity contribution in [3.05, 3.63) is 267 Å². The van der Waals surface area contributed by atoms with Crippen molar-refractivity contribution in [1.82, 2.24) is 4.40 Å². The average molecular weight is 945 g/mol. The minimum absolute atomic E-state index is 1.11. The number of thiophene rings is 1. The lowest BCUT2D eigenvalue weighted by molar-refractivity contribution is 1.26. The molecule has 340 valence electrons. The zero-order valence-corrected chi connectivity index (χ0v) is 40.5. The van der Waals surface area contributed by atoms with E-state index in [1.54, 1.807) is 0 Å². The van der Waals surface area contributed by atoms with Crippen molar-refractivity contribution >= 4 is 108 Å². The van der Waals surface area contributed by atoms with Crippen molar-refractivity contribution in [2.24, 2.45) is 0 Å². The van der Waals surface area contributed by atoms with Gasteiger partial charge in [0.25, 0.3) is 0 Å². The van der Waals surface area contributed by atoms with E-state index in [4.69, 9.17) is 0 Å². The van der Waals surface area contributed by atoms with Crippen LogP contribution in [0.2, 0.25) is 0 Å². The van der Waals surface area contributed by atoms with Gasteiger partial charge < -0.3 is 9.30 Å². The van der Waals surface area contributed by atoms with Gasteiger partial charge in [0.15, 0.2) is 0 Å². The number of hydrogen-bond acceptors (Lipinski definition) is 2. The Morgan fingerprint density at radius 1 is 0.288 bits per heavy atom. The lowest BCUT2D eigenvalue weighted by Gasteiger charge is -2.26. The van der Waals surface area contributed by atoms with Gasteiger partial charge in [0, 0.05) is 59.8 Å². The summed E-state index contributed by atoms with van der Waals surface area (Å²) in [6.45, 7) is 0. The molecular formula is C70H44N2S. The van der Waals surface area contributed by atoms with E-state index >= 15 is 0 Å². The number of fused-ring (bicyclic) bond motifs is 14. The Morgan fingerprint density at radius 2 is 0.836 bits per heavy atom. The van der Waals surface area contributed by atoms with Gasteiger partial charge in [-0.25, -0.2) is 0 Å². The molecule has 0 atom stereocenters. The molecule has 3 heterocycles. The quantitative estimate of drug-likeness (QED) is 0.145. The highest BCUT2D eigenvalue weighted by Crippen LogP contribution is 2.46. The highest BCUT2D eigenvalue weighted by atomic mass is 32.1. The topological polar surface area (TPSA) is 7.65 Å². The fraction of sp³-hybridized carbons (Fsp3) is 0. The smallest absolute Gasteiger partial charge is 0.0620 e. The van der Waals surface area contributed by atoms with E-state index in [9.17, 15) is 0 Å². The third-order valence-electron chi connectivity index (χ3n) is 15.1. The van der Waals surface area contributed by atoms with Gasteiger partial charge >= 0.3 is 0 Å². The van der Waals surface area contributed by atoms with Crippen LogP contribution in [0.25, 0.3) is 124 Å². The second kappa shape index (κ2) is 16.7. The lowest BCUT2D eigenvalue weighted by atomic mass is 9.92. The molecule has 12 aromatic carbocycles. The molecule has 0 saturated heterocycles. The first-order chi connectivity index (χ1) is 36.2. The Bertz CT molecular complexity index is 4660. The summed E-state index contributed by atoms with van der Waals surface area (Å²) in [7, 11) is 0. The van der Waals surface area contributed by atoms with E-state index in [1.807, 2.05) is 11.3 Å². The lowest BCUT2D eigenvalue weighted by Crippen LogP contribution is -2.09. The van der Waals surface area contributed by atoms with Crippen molar-refractivity contribution in [3.63, 3.8) is 0 Å². The predicted molar refractivity (Wildman–Crippen MR) is 314 cm³/mol. The molecule has 3 heteroatoms. The first kappa shape index (κ1) is 41.5. The van der Waals surface area contributed by atoms with E-state index in [1.165, 1.54) is 124 Å². The highest BCUT2D eigenvalue weighted by Gasteiger charge is 2.21. The Kier molecular flexibility index (Phi) is 9.48. The molecule has 0 bridgehead atoms. The Hall–Kier alpha value is -9.28. The molecule has 15 aromatic rings. The van der Waals surface area contributed by atoms with E-state index in [0.717, 1.165) is 17.1 Å². The maximum absolute atomic E-state index is 2.41. The summed E-state index contributed by atoms with van der Waals surface area (Å²) in [5, 5.41) is 14.0. The number of benzene rings is 12. The van der Waals surface area contributed by atoms with Gasteiger partial charge in [0.1, 0.15) is 0 Å². The van der Waals surface area contributed by atoms with Crippen molar-refractivity contribution in [1.29, 1.82) is 0 Å². The molecule has 0 aliphatic heterocycles. The SMILES string of the molecule is c1ccc(-c2c3c4ccccc4c4ccc(-c5ccc(-c6cccc(-c7ccc(N(c8ccc9c(ccc%10ccccc%109)c8)c8ccc9sc%10ccccc%10c9c8)cc7)c6)cc5)cc4c3n3ccccc23)cc1. The van der Waals surface area contributed by atoms with Crippen molar-refractivity contribution in [3.8, 4) is 44.5 Å². The van der Waals surface area contributed by atoms with E-state index < -0.39 is 0 Å². The normalized spacial score (nSPS) is 11.8. The zero-order chi connectivity index (χ0) is 48.0. The molecule has 73 heavy (non-hydrogen) atoms. The minimum Gasteiger partial charge on any atom is -0.315 e. The van der Waals surface area contributed by atoms with Gasteiger partial charge in [-0.1, -0.05) is 188 Å². The number of nitrogens with zero attached hydrogens (tertiary/aromatic N) is 2. The summed E-state index contributed by atoms with van der Waals surface area (Å²) in [4.78, 5) is 2.41. The highest BCUT2D eigenvalue weighted by molar-refractivity contribution is 7.25. The van der Waals surface area contributed by atoms with Crippen LogP contribution in [-0.2, 0) is 0 Å². The molecule has 0 aliphatic rings. The van der Waals surface area contributed by atoms with E-state index in [0.29, 0.717) is 0 Å². The second-order valence-corrected chi connectivity index (χ2v) is 20.3. The standard InChI is InChI=1S/C70H44N2S/c1-2-14-49(15-3-1)68-65-22-10-11-40-71(65)70-64-43-52(32-37-60(64)59-19-6-7-21-62(59)69(68)70)46-26-24-45(25-27-46)50-16-12-17-51(41-50)47-30-33-54(34-31-47)72(56-36-39-67-63(44-56)61-20-8-9-23-66(61)73-67)55-35-38-58-53(42-55)29-28-48-13-4-5-18-57(48)58/h1-44H. The largest absolute Gasteiger partial charge is 0.315 e. The number of hydrogen-bond donors (Lipinski definition) is 0. The fourth-order valence-corrected chi connectivity index (χ4v) is 12.8. The molecule has 0 radical (unpaired) electrons. The van der Waals surface area contributed by atoms with Crippen LogP contribution in [0.15, 0.2) is 267 Å². The third kappa shape index (κ3) is 6.78. The summed E-state index contributed by atoms with van der Waals surface area (Å²) in [6, 6.07) is 96.2. The van der Waals surface area contributed by atoms with Crippen LogP contribution in [-0.4, -0.2) is 4.40 Å². The van der Waals surface area contributed by atoms with Crippen molar-refractivity contribution in [2.45, 2.75) is 0 Å². The molecule has 0 saturated carbocycles. The monoisotopic (exact) mass is 944 g/mol. The summed E-state index contributed by atoms with van der Waals surface area (Å²) < 4.78 is 5.01. The van der Waals surface area contributed by atoms with E-state index in [2.05, 4.69) is 276 Å². The average Bonchev–Trinajstić information content (AvgIpc) is 4.02. The molecule has 0 amide bonds. The van der Waals surface area contributed by atoms with Crippen LogP contribution in [0.4, 0.5) is 17.1 Å². The number of pyridine rings is 1. The first-order valence-electron chi connectivity index (χ1n) is 25.1. The number of anilines is 3. The van der Waals surface area contributed by atoms with Crippen molar-refractivity contribution < 1.29 is 0 Å². The third-order valence-corrected chi connectivity index (χ3v) is 16.3. The fourth-order valence-electron chi connectivity index (χ4n) is 11.7. The Balaban J connectivity index is 0.781. The molecule has 0 spiro atoms. The summed E-state index contributed by atoms with van der Waals surface area (Å²) in [6.07, 6.45) is 2.22. The van der Waals surface area contributed by atoms with Crippen LogP contribution in [0.1, 0.15) is 0 Å². The maximum atomic E-state index is 2.41. The molecule has 0 unspecified atom stereocenters. The summed E-state index contributed by atoms with van der Waals surface area (Å²) in [5.74, 6) is 0. The van der Waals surface area contributed by atoms with Crippen LogP contribution >= 0.6 is 11.3 Å². The van der Waals surface area contributed by atoms with Crippen LogP contribution < -0.4 is 4.90 Å². The molecule has 3 aromatic heterocycles.